The van der Waals surface area contributed by atoms with Crippen LogP contribution in [0.4, 0.5) is 0 Å². The third kappa shape index (κ3) is 5.29. The molecule has 0 bridgehead atoms. The van der Waals surface area contributed by atoms with Gasteiger partial charge in [-0.3, -0.25) is 8.98 Å². The van der Waals surface area contributed by atoms with Crippen LogP contribution < -0.4 is 0 Å². The number of rotatable bonds is 10. The minimum Gasteiger partial charge on any atom is -0.481 e. The summed E-state index contributed by atoms with van der Waals surface area (Å²) in [5.41, 5.74) is 0.987. The molecule has 1 saturated carbocycles. The zero-order chi connectivity index (χ0) is 17.7. The lowest BCUT2D eigenvalue weighted by molar-refractivity contribution is -0.137. The summed E-state index contributed by atoms with van der Waals surface area (Å²) in [7, 11) is -2.13. The molecule has 0 spiro atoms. The van der Waals surface area contributed by atoms with Crippen LogP contribution in [0.3, 0.4) is 0 Å². The van der Waals surface area contributed by atoms with E-state index in [0.29, 0.717) is 12.8 Å². The van der Waals surface area contributed by atoms with E-state index in [2.05, 4.69) is 0 Å². The van der Waals surface area contributed by atoms with Crippen molar-refractivity contribution >= 4 is 16.1 Å². The fourth-order valence-corrected chi connectivity index (χ4v) is 3.79. The maximum atomic E-state index is 12.2. The molecule has 7 heteroatoms. The van der Waals surface area contributed by atoms with E-state index in [1.807, 2.05) is 6.92 Å². The lowest BCUT2D eigenvalue weighted by Gasteiger charge is -2.14. The predicted molar refractivity (Wildman–Crippen MR) is 88.2 cm³/mol. The molecule has 134 valence electrons. The summed E-state index contributed by atoms with van der Waals surface area (Å²) in [6.07, 6.45) is 2.14. The van der Waals surface area contributed by atoms with E-state index >= 15 is 0 Å². The molecule has 1 aromatic carbocycles. The molecule has 3 atom stereocenters. The standard InChI is InChI=1S/C17H24O6S/c1-12-6-8-14(9-7-12)24(20,21)23-11-13-10-15(13)16(22-2)4-3-5-17(18)19/h6-9,13,15-16H,3-5,10-11H2,1-2H3,(H,18,19)/t13-,15+,16+/m0/s1. The Hall–Kier alpha value is -1.44. The number of ether oxygens (including phenoxy) is 1. The molecule has 0 heterocycles. The SMILES string of the molecule is CO[C@H](CCCC(=O)O)[C@@H]1C[C@H]1COS(=O)(=O)c1ccc(C)cc1. The van der Waals surface area contributed by atoms with Crippen molar-refractivity contribution in [2.45, 2.75) is 43.6 Å². The summed E-state index contributed by atoms with van der Waals surface area (Å²) < 4.78 is 34.9. The van der Waals surface area contributed by atoms with Crippen LogP contribution in [0.25, 0.3) is 0 Å². The first-order valence-corrected chi connectivity index (χ1v) is 9.45. The number of aryl methyl sites for hydroxylation is 1. The van der Waals surface area contributed by atoms with Gasteiger partial charge >= 0.3 is 5.97 Å². The summed E-state index contributed by atoms with van der Waals surface area (Å²) in [6.45, 7) is 2.03. The second-order valence-electron chi connectivity index (χ2n) is 6.27. The summed E-state index contributed by atoms with van der Waals surface area (Å²) in [5, 5.41) is 8.68. The monoisotopic (exact) mass is 356 g/mol. The van der Waals surface area contributed by atoms with Crippen LogP contribution in [0.2, 0.25) is 0 Å². The van der Waals surface area contributed by atoms with E-state index in [4.69, 9.17) is 14.0 Å². The summed E-state index contributed by atoms with van der Waals surface area (Å²) >= 11 is 0. The fourth-order valence-electron chi connectivity index (χ4n) is 2.83. The van der Waals surface area contributed by atoms with Crippen LogP contribution in [-0.4, -0.2) is 39.3 Å². The predicted octanol–water partition coefficient (Wildman–Crippen LogP) is 2.61. The van der Waals surface area contributed by atoms with Crippen LogP contribution in [0.15, 0.2) is 29.2 Å². The Bertz CT molecular complexity index is 652. The van der Waals surface area contributed by atoms with Gasteiger partial charge in [-0.2, -0.15) is 8.42 Å². The Labute approximate surface area is 142 Å². The van der Waals surface area contributed by atoms with Gasteiger partial charge in [-0.15, -0.1) is 0 Å². The lowest BCUT2D eigenvalue weighted by Crippen LogP contribution is -2.17. The third-order valence-corrected chi connectivity index (χ3v) is 5.68. The maximum Gasteiger partial charge on any atom is 0.303 e. The molecular formula is C17H24O6S. The van der Waals surface area contributed by atoms with Crippen LogP contribution >= 0.6 is 0 Å². The molecule has 0 aromatic heterocycles. The highest BCUT2D eigenvalue weighted by Gasteiger charge is 2.43. The van der Waals surface area contributed by atoms with E-state index in [1.54, 1.807) is 31.4 Å². The van der Waals surface area contributed by atoms with Crippen molar-refractivity contribution < 1.29 is 27.2 Å². The molecule has 1 N–H and O–H groups in total. The molecule has 0 radical (unpaired) electrons. The van der Waals surface area contributed by atoms with Crippen LogP contribution in [0, 0.1) is 18.8 Å². The largest absolute Gasteiger partial charge is 0.481 e. The first-order chi connectivity index (χ1) is 11.3. The molecule has 0 unspecified atom stereocenters. The van der Waals surface area contributed by atoms with Gasteiger partial charge in [-0.05, 0) is 50.2 Å². The van der Waals surface area contributed by atoms with Gasteiger partial charge in [0.25, 0.3) is 10.1 Å². The molecular weight excluding hydrogens is 332 g/mol. The summed E-state index contributed by atoms with van der Waals surface area (Å²) in [4.78, 5) is 10.7. The molecule has 0 amide bonds. The van der Waals surface area contributed by atoms with Gasteiger partial charge < -0.3 is 9.84 Å². The number of benzene rings is 1. The Morgan fingerprint density at radius 3 is 2.58 bits per heavy atom. The minimum absolute atomic E-state index is 0.0416. The van der Waals surface area contributed by atoms with E-state index in [-0.39, 0.29) is 35.9 Å². The Kier molecular flexibility index (Phi) is 6.37. The quantitative estimate of drug-likeness (QED) is 0.648. The third-order valence-electron chi connectivity index (χ3n) is 4.38. The van der Waals surface area contributed by atoms with E-state index in [0.717, 1.165) is 12.0 Å². The molecule has 24 heavy (non-hydrogen) atoms. The summed E-state index contributed by atoms with van der Waals surface area (Å²) in [6, 6.07) is 6.55. The molecule has 1 aliphatic carbocycles. The summed E-state index contributed by atoms with van der Waals surface area (Å²) in [5.74, 6) is -0.443. The Balaban J connectivity index is 1.81. The van der Waals surface area contributed by atoms with Crippen molar-refractivity contribution in [2.24, 2.45) is 11.8 Å². The lowest BCUT2D eigenvalue weighted by atomic mass is 10.1. The zero-order valence-electron chi connectivity index (χ0n) is 14.0. The number of hydrogen-bond donors (Lipinski definition) is 1. The molecule has 1 aliphatic rings. The average Bonchev–Trinajstić information content (AvgIpc) is 3.29. The number of carboxylic acids is 1. The fraction of sp³-hybridized carbons (Fsp3) is 0.588. The van der Waals surface area contributed by atoms with Gasteiger partial charge in [-0.1, -0.05) is 17.7 Å². The number of aliphatic carboxylic acids is 1. The second-order valence-corrected chi connectivity index (χ2v) is 7.89. The second kappa shape index (κ2) is 8.09. The van der Waals surface area contributed by atoms with Crippen molar-refractivity contribution in [3.8, 4) is 0 Å². The number of carboxylic acid groups (broad SMARTS) is 1. The van der Waals surface area contributed by atoms with Gasteiger partial charge in [0.1, 0.15) is 0 Å². The van der Waals surface area contributed by atoms with E-state index in [9.17, 15) is 13.2 Å². The van der Waals surface area contributed by atoms with Crippen LogP contribution in [-0.2, 0) is 23.8 Å². The van der Waals surface area contributed by atoms with Gasteiger partial charge in [0.15, 0.2) is 0 Å². The average molecular weight is 356 g/mol. The number of methoxy groups -OCH3 is 1. The van der Waals surface area contributed by atoms with Crippen molar-refractivity contribution in [3.63, 3.8) is 0 Å². The molecule has 1 aromatic rings. The maximum absolute atomic E-state index is 12.2. The number of hydrogen-bond acceptors (Lipinski definition) is 5. The highest BCUT2D eigenvalue weighted by Crippen LogP contribution is 2.44. The van der Waals surface area contributed by atoms with Gasteiger partial charge in [0.05, 0.1) is 17.6 Å². The normalized spacial score (nSPS) is 21.4. The molecule has 2 rings (SSSR count). The van der Waals surface area contributed by atoms with Crippen LogP contribution in [0.1, 0.15) is 31.2 Å². The van der Waals surface area contributed by atoms with Crippen LogP contribution in [0.5, 0.6) is 0 Å². The zero-order valence-corrected chi connectivity index (χ0v) is 14.8. The van der Waals surface area contributed by atoms with Crippen molar-refractivity contribution in [2.75, 3.05) is 13.7 Å². The topological polar surface area (TPSA) is 89.9 Å². The minimum atomic E-state index is -3.73. The van der Waals surface area contributed by atoms with Crippen molar-refractivity contribution in [1.82, 2.24) is 0 Å². The van der Waals surface area contributed by atoms with Gasteiger partial charge in [-0.25, -0.2) is 0 Å². The Morgan fingerprint density at radius 1 is 1.33 bits per heavy atom. The van der Waals surface area contributed by atoms with Gasteiger partial charge in [0, 0.05) is 13.5 Å². The van der Waals surface area contributed by atoms with Crippen molar-refractivity contribution in [3.05, 3.63) is 29.8 Å². The Morgan fingerprint density at radius 2 is 2.00 bits per heavy atom. The number of carbonyl (C=O) groups is 1. The molecule has 1 fully saturated rings. The van der Waals surface area contributed by atoms with E-state index < -0.39 is 16.1 Å². The first kappa shape index (κ1) is 18.9. The molecule has 6 nitrogen and oxygen atoms in total. The molecule has 0 saturated heterocycles. The van der Waals surface area contributed by atoms with E-state index in [1.165, 1.54) is 0 Å². The smallest absolute Gasteiger partial charge is 0.303 e. The highest BCUT2D eigenvalue weighted by atomic mass is 32.2. The molecule has 0 aliphatic heterocycles. The van der Waals surface area contributed by atoms with Gasteiger partial charge in [0.2, 0.25) is 0 Å². The highest BCUT2D eigenvalue weighted by molar-refractivity contribution is 7.86. The first-order valence-electron chi connectivity index (χ1n) is 8.04. The van der Waals surface area contributed by atoms with Crippen molar-refractivity contribution in [1.29, 1.82) is 0 Å².